The van der Waals surface area contributed by atoms with Crippen LogP contribution < -0.4 is 5.32 Å². The molecule has 2 heterocycles. The van der Waals surface area contributed by atoms with Crippen LogP contribution in [0.1, 0.15) is 50.7 Å². The Hall–Kier alpha value is -3.21. The van der Waals surface area contributed by atoms with Crippen LogP contribution in [-0.2, 0) is 20.7 Å². The zero-order chi connectivity index (χ0) is 22.0. The average molecular weight is 417 g/mol. The zero-order valence-corrected chi connectivity index (χ0v) is 18.3. The molecule has 2 aliphatic rings. The Balaban J connectivity index is 1.64. The summed E-state index contributed by atoms with van der Waals surface area (Å²) in [4.78, 5) is 30.5. The lowest BCUT2D eigenvalue weighted by Gasteiger charge is -2.39. The van der Waals surface area contributed by atoms with Crippen LogP contribution in [0.3, 0.4) is 0 Å². The number of ether oxygens (including phenoxy) is 1. The number of pyridine rings is 1. The number of aromatic nitrogens is 1. The number of rotatable bonds is 5. The summed E-state index contributed by atoms with van der Waals surface area (Å²) in [6.45, 7) is 6.38. The minimum Gasteiger partial charge on any atom is -0.462 e. The fraction of sp³-hybridized carbons (Fsp3) is 0.346. The van der Waals surface area contributed by atoms with E-state index in [1.165, 1.54) is 0 Å². The van der Waals surface area contributed by atoms with Gasteiger partial charge in [0.2, 0.25) is 0 Å². The van der Waals surface area contributed by atoms with Crippen molar-refractivity contribution in [1.29, 1.82) is 0 Å². The molecule has 0 amide bonds. The summed E-state index contributed by atoms with van der Waals surface area (Å²) < 4.78 is 5.68. The van der Waals surface area contributed by atoms with Gasteiger partial charge in [-0.1, -0.05) is 44.2 Å². The summed E-state index contributed by atoms with van der Waals surface area (Å²) in [5, 5.41) is 3.37. The number of allylic oxidation sites excluding steroid dienone is 3. The summed E-state index contributed by atoms with van der Waals surface area (Å²) in [5.74, 6) is -0.735. The quantitative estimate of drug-likeness (QED) is 0.729. The highest BCUT2D eigenvalue weighted by atomic mass is 16.5. The lowest BCUT2D eigenvalue weighted by molar-refractivity contribution is -0.139. The number of ketones is 1. The predicted molar refractivity (Wildman–Crippen MR) is 119 cm³/mol. The molecule has 1 aliphatic carbocycles. The molecule has 160 valence electrons. The summed E-state index contributed by atoms with van der Waals surface area (Å²) in [6.07, 6.45) is 5.27. The maximum atomic E-state index is 13.2. The van der Waals surface area contributed by atoms with Gasteiger partial charge in [-0.15, -0.1) is 0 Å². The molecule has 2 aromatic rings. The van der Waals surface area contributed by atoms with Gasteiger partial charge in [-0.25, -0.2) is 4.79 Å². The predicted octanol–water partition coefficient (Wildman–Crippen LogP) is 4.47. The summed E-state index contributed by atoms with van der Waals surface area (Å²) in [7, 11) is 0. The van der Waals surface area contributed by atoms with Crippen molar-refractivity contribution in [2.75, 3.05) is 6.61 Å². The standard InChI is InChI=1S/C26H28N2O3/c1-17-22(25(30)31-14-11-18-7-5-4-6-8-18)23(19-9-12-27-13-10-19)24-20(28-17)15-26(2,3)16-21(24)29/h4-10,12-13,23,28H,11,14-16H2,1-3H3/t23-/m0/s1. The van der Waals surface area contributed by atoms with Crippen molar-refractivity contribution in [2.24, 2.45) is 5.41 Å². The van der Waals surface area contributed by atoms with E-state index < -0.39 is 5.92 Å². The van der Waals surface area contributed by atoms with Gasteiger partial charge in [0.1, 0.15) is 0 Å². The molecule has 5 heteroatoms. The Labute approximate surface area is 183 Å². The minimum absolute atomic E-state index is 0.0858. The molecule has 1 N–H and O–H groups in total. The summed E-state index contributed by atoms with van der Waals surface area (Å²) in [6, 6.07) is 13.7. The molecule has 1 aromatic carbocycles. The Morgan fingerprint density at radius 1 is 1.13 bits per heavy atom. The molecule has 5 nitrogen and oxygen atoms in total. The van der Waals surface area contributed by atoms with Gasteiger partial charge in [-0.3, -0.25) is 9.78 Å². The van der Waals surface area contributed by atoms with Crippen LogP contribution in [0.15, 0.2) is 77.4 Å². The van der Waals surface area contributed by atoms with Gasteiger partial charge in [-0.2, -0.15) is 0 Å². The first-order valence-electron chi connectivity index (χ1n) is 10.7. The van der Waals surface area contributed by atoms with E-state index >= 15 is 0 Å². The first-order chi connectivity index (χ1) is 14.9. The molecular weight excluding hydrogens is 388 g/mol. The Morgan fingerprint density at radius 3 is 2.55 bits per heavy atom. The number of nitrogens with zero attached hydrogens (tertiary/aromatic N) is 1. The summed E-state index contributed by atoms with van der Waals surface area (Å²) in [5.41, 5.74) is 4.74. The van der Waals surface area contributed by atoms with Crippen molar-refractivity contribution in [1.82, 2.24) is 10.3 Å². The topological polar surface area (TPSA) is 68.3 Å². The number of hydrogen-bond acceptors (Lipinski definition) is 5. The van der Waals surface area contributed by atoms with Crippen LogP contribution in [0.2, 0.25) is 0 Å². The van der Waals surface area contributed by atoms with Gasteiger partial charge in [-0.05, 0) is 42.0 Å². The van der Waals surface area contributed by atoms with Gasteiger partial charge in [0.25, 0.3) is 0 Å². The molecule has 0 saturated carbocycles. The van der Waals surface area contributed by atoms with Gasteiger partial charge in [0, 0.05) is 48.1 Å². The second-order valence-electron chi connectivity index (χ2n) is 9.08. The van der Waals surface area contributed by atoms with E-state index in [-0.39, 0.29) is 23.8 Å². The molecule has 4 rings (SSSR count). The molecule has 1 atom stereocenters. The highest BCUT2D eigenvalue weighted by Gasteiger charge is 2.43. The molecule has 1 aromatic heterocycles. The Kier molecular flexibility index (Phi) is 5.77. The largest absolute Gasteiger partial charge is 0.462 e. The van der Waals surface area contributed by atoms with Gasteiger partial charge in [0.05, 0.1) is 12.2 Å². The number of dihydropyridines is 1. The number of nitrogens with one attached hydrogen (secondary N) is 1. The monoisotopic (exact) mass is 416 g/mol. The van der Waals surface area contributed by atoms with Gasteiger partial charge >= 0.3 is 5.97 Å². The number of benzene rings is 1. The Morgan fingerprint density at radius 2 is 1.84 bits per heavy atom. The van der Waals surface area contributed by atoms with Crippen LogP contribution in [0, 0.1) is 5.41 Å². The number of hydrogen-bond donors (Lipinski definition) is 1. The number of esters is 1. The van der Waals surface area contributed by atoms with Crippen molar-refractivity contribution in [3.05, 3.63) is 88.5 Å². The SMILES string of the molecule is CC1=C(C(=O)OCCc2ccccc2)[C@H](c2ccncc2)C2=C(CC(C)(C)CC2=O)N1. The fourth-order valence-electron chi connectivity index (χ4n) is 4.58. The Bertz CT molecular complexity index is 1050. The van der Waals surface area contributed by atoms with Crippen LogP contribution in [0.25, 0.3) is 0 Å². The van der Waals surface area contributed by atoms with Crippen molar-refractivity contribution < 1.29 is 14.3 Å². The molecular formula is C26H28N2O3. The molecule has 0 radical (unpaired) electrons. The van der Waals surface area contributed by atoms with E-state index in [9.17, 15) is 9.59 Å². The van der Waals surface area contributed by atoms with Crippen molar-refractivity contribution >= 4 is 11.8 Å². The molecule has 0 fully saturated rings. The van der Waals surface area contributed by atoms with Crippen molar-refractivity contribution in [3.8, 4) is 0 Å². The normalized spacial score (nSPS) is 20.2. The van der Waals surface area contributed by atoms with E-state index in [4.69, 9.17) is 4.74 Å². The van der Waals surface area contributed by atoms with Crippen LogP contribution in [-0.4, -0.2) is 23.3 Å². The molecule has 0 saturated heterocycles. The maximum Gasteiger partial charge on any atom is 0.336 e. The minimum atomic E-state index is -0.438. The van der Waals surface area contributed by atoms with Crippen molar-refractivity contribution in [3.63, 3.8) is 0 Å². The fourth-order valence-corrected chi connectivity index (χ4v) is 4.58. The van der Waals surface area contributed by atoms with E-state index in [2.05, 4.69) is 24.1 Å². The lowest BCUT2D eigenvalue weighted by atomic mass is 9.68. The zero-order valence-electron chi connectivity index (χ0n) is 18.3. The van der Waals surface area contributed by atoms with Crippen LogP contribution in [0.4, 0.5) is 0 Å². The first kappa shape index (κ1) is 21.0. The van der Waals surface area contributed by atoms with E-state index in [0.717, 1.165) is 28.9 Å². The highest BCUT2D eigenvalue weighted by Crippen LogP contribution is 2.46. The van der Waals surface area contributed by atoms with Crippen molar-refractivity contribution in [2.45, 2.75) is 46.0 Å². The van der Waals surface area contributed by atoms with E-state index in [0.29, 0.717) is 24.0 Å². The molecule has 31 heavy (non-hydrogen) atoms. The maximum absolute atomic E-state index is 13.2. The second-order valence-corrected chi connectivity index (χ2v) is 9.08. The van der Waals surface area contributed by atoms with Gasteiger partial charge in [0.15, 0.2) is 5.78 Å². The number of Topliss-reactive ketones (excluding diaryl/α,β-unsaturated/α-hetero) is 1. The second kappa shape index (κ2) is 8.50. The first-order valence-corrected chi connectivity index (χ1v) is 10.7. The number of carbonyl (C=O) groups excluding carboxylic acids is 2. The van der Waals surface area contributed by atoms with E-state index in [1.54, 1.807) is 12.4 Å². The lowest BCUT2D eigenvalue weighted by Crippen LogP contribution is -2.38. The molecule has 0 bridgehead atoms. The van der Waals surface area contributed by atoms with Crippen LogP contribution >= 0.6 is 0 Å². The van der Waals surface area contributed by atoms with E-state index in [1.807, 2.05) is 49.4 Å². The smallest absolute Gasteiger partial charge is 0.336 e. The highest BCUT2D eigenvalue weighted by molar-refractivity contribution is 6.04. The molecule has 0 spiro atoms. The third kappa shape index (κ3) is 4.46. The third-order valence-corrected chi connectivity index (χ3v) is 5.97. The average Bonchev–Trinajstić information content (AvgIpc) is 2.73. The molecule has 0 unspecified atom stereocenters. The molecule has 1 aliphatic heterocycles. The van der Waals surface area contributed by atoms with Gasteiger partial charge < -0.3 is 10.1 Å². The third-order valence-electron chi connectivity index (χ3n) is 5.97. The summed E-state index contributed by atoms with van der Waals surface area (Å²) >= 11 is 0. The van der Waals surface area contributed by atoms with Crippen LogP contribution in [0.5, 0.6) is 0 Å². The number of carbonyl (C=O) groups is 2.